The van der Waals surface area contributed by atoms with Gasteiger partial charge in [-0.1, -0.05) is 18.2 Å². The molecule has 0 saturated heterocycles. The van der Waals surface area contributed by atoms with Gasteiger partial charge in [-0.3, -0.25) is 4.79 Å². The molecule has 2 rings (SSSR count). The Morgan fingerprint density at radius 2 is 2.21 bits per heavy atom. The number of carbonyl (C=O) groups is 1. The number of benzene rings is 1. The van der Waals surface area contributed by atoms with Gasteiger partial charge in [0.25, 0.3) is 0 Å². The predicted octanol–water partition coefficient (Wildman–Crippen LogP) is 3.59. The van der Waals surface area contributed by atoms with E-state index < -0.39 is 0 Å². The molecule has 4 nitrogen and oxygen atoms in total. The molecule has 0 saturated carbocycles. The van der Waals surface area contributed by atoms with Crippen molar-refractivity contribution in [2.75, 3.05) is 0 Å². The number of ketones is 1. The van der Waals surface area contributed by atoms with Crippen LogP contribution in [0.3, 0.4) is 0 Å². The zero-order chi connectivity index (χ0) is 13.7. The van der Waals surface area contributed by atoms with Crippen LogP contribution in [0.15, 0.2) is 36.4 Å². The Balaban J connectivity index is 2.15. The van der Waals surface area contributed by atoms with E-state index in [2.05, 4.69) is 15.4 Å². The zero-order valence-electron chi connectivity index (χ0n) is 10.3. The minimum Gasteiger partial charge on any atom is -0.294 e. The third-order valence-corrected chi connectivity index (χ3v) is 4.34. The van der Waals surface area contributed by atoms with E-state index in [0.29, 0.717) is 5.75 Å². The molecule has 1 aromatic carbocycles. The summed E-state index contributed by atoms with van der Waals surface area (Å²) in [4.78, 5) is 17.2. The minimum atomic E-state index is 0.0939. The van der Waals surface area contributed by atoms with Crippen LogP contribution in [0, 0.1) is 0 Å². The van der Waals surface area contributed by atoms with E-state index in [1.165, 1.54) is 11.3 Å². The van der Waals surface area contributed by atoms with Gasteiger partial charge in [0, 0.05) is 22.7 Å². The Labute approximate surface area is 119 Å². The third-order valence-electron chi connectivity index (χ3n) is 2.48. The SMILES string of the molecule is CC(=O)c1ccc(-c2cccc(CSOON)c2)s1. The quantitative estimate of drug-likeness (QED) is 0.290. The summed E-state index contributed by atoms with van der Waals surface area (Å²) in [5.74, 6) is 5.50. The van der Waals surface area contributed by atoms with E-state index in [4.69, 9.17) is 5.90 Å². The van der Waals surface area contributed by atoms with Gasteiger partial charge in [-0.15, -0.1) is 20.7 Å². The topological polar surface area (TPSA) is 61.5 Å². The Kier molecular flexibility index (Phi) is 5.12. The molecule has 0 amide bonds. The minimum absolute atomic E-state index is 0.0939. The maximum atomic E-state index is 11.3. The lowest BCUT2D eigenvalue weighted by molar-refractivity contribution is -0.195. The van der Waals surface area contributed by atoms with E-state index in [1.807, 2.05) is 30.3 Å². The lowest BCUT2D eigenvalue weighted by Gasteiger charge is -2.02. The smallest absolute Gasteiger partial charge is 0.169 e. The van der Waals surface area contributed by atoms with Gasteiger partial charge < -0.3 is 0 Å². The normalized spacial score (nSPS) is 10.6. The fourth-order valence-corrected chi connectivity index (χ4v) is 2.93. The number of hydrogen-bond donors (Lipinski definition) is 1. The van der Waals surface area contributed by atoms with Gasteiger partial charge in [0.15, 0.2) is 5.78 Å². The summed E-state index contributed by atoms with van der Waals surface area (Å²) in [7, 11) is 0. The molecule has 1 heterocycles. The molecule has 0 spiro atoms. The summed E-state index contributed by atoms with van der Waals surface area (Å²) in [6.07, 6.45) is 0. The third kappa shape index (κ3) is 3.89. The lowest BCUT2D eigenvalue weighted by atomic mass is 10.1. The highest BCUT2D eigenvalue weighted by Crippen LogP contribution is 2.29. The van der Waals surface area contributed by atoms with Crippen LogP contribution in [0.1, 0.15) is 22.2 Å². The predicted molar refractivity (Wildman–Crippen MR) is 77.4 cm³/mol. The Morgan fingerprint density at radius 1 is 1.37 bits per heavy atom. The van der Waals surface area contributed by atoms with Crippen molar-refractivity contribution in [3.8, 4) is 10.4 Å². The summed E-state index contributed by atoms with van der Waals surface area (Å²) in [6, 6.07) is 11.9. The number of thiophene rings is 1. The molecule has 100 valence electrons. The molecule has 6 heteroatoms. The van der Waals surface area contributed by atoms with Crippen LogP contribution in [0.25, 0.3) is 10.4 Å². The van der Waals surface area contributed by atoms with Crippen molar-refractivity contribution < 1.29 is 14.1 Å². The maximum absolute atomic E-state index is 11.3. The second-order valence-electron chi connectivity index (χ2n) is 3.85. The lowest BCUT2D eigenvalue weighted by Crippen LogP contribution is -1.94. The van der Waals surface area contributed by atoms with Crippen LogP contribution < -0.4 is 5.90 Å². The van der Waals surface area contributed by atoms with Gasteiger partial charge in [0.1, 0.15) is 0 Å². The fraction of sp³-hybridized carbons (Fsp3) is 0.154. The molecule has 19 heavy (non-hydrogen) atoms. The van der Waals surface area contributed by atoms with Crippen LogP contribution in [0.4, 0.5) is 0 Å². The van der Waals surface area contributed by atoms with Gasteiger partial charge in [0.05, 0.1) is 4.88 Å². The van der Waals surface area contributed by atoms with Crippen molar-refractivity contribution in [2.24, 2.45) is 5.90 Å². The molecule has 2 N–H and O–H groups in total. The van der Waals surface area contributed by atoms with E-state index in [9.17, 15) is 4.79 Å². The molecule has 0 bridgehead atoms. The first-order valence-corrected chi connectivity index (χ1v) is 7.28. The Hall–Kier alpha value is -1.18. The number of nitrogens with two attached hydrogens (primary N) is 1. The van der Waals surface area contributed by atoms with Gasteiger partial charge in [-0.25, -0.2) is 0 Å². The first-order chi connectivity index (χ1) is 9.20. The van der Waals surface area contributed by atoms with Crippen molar-refractivity contribution in [2.45, 2.75) is 12.7 Å². The van der Waals surface area contributed by atoms with Gasteiger partial charge in [-0.05, 0) is 36.2 Å². The van der Waals surface area contributed by atoms with Crippen molar-refractivity contribution in [3.63, 3.8) is 0 Å². The summed E-state index contributed by atoms with van der Waals surface area (Å²) < 4.78 is 4.57. The molecule has 0 aliphatic carbocycles. The average molecular weight is 295 g/mol. The average Bonchev–Trinajstić information content (AvgIpc) is 2.89. The highest BCUT2D eigenvalue weighted by molar-refractivity contribution is 7.93. The van der Waals surface area contributed by atoms with Crippen LogP contribution in [-0.4, -0.2) is 5.78 Å². The maximum Gasteiger partial charge on any atom is 0.169 e. The van der Waals surface area contributed by atoms with E-state index in [1.54, 1.807) is 6.92 Å². The monoisotopic (exact) mass is 295 g/mol. The number of hydrogen-bond acceptors (Lipinski definition) is 6. The van der Waals surface area contributed by atoms with Crippen LogP contribution in [-0.2, 0) is 15.1 Å². The summed E-state index contributed by atoms with van der Waals surface area (Å²) >= 11 is 2.62. The van der Waals surface area contributed by atoms with E-state index >= 15 is 0 Å². The second-order valence-corrected chi connectivity index (χ2v) is 5.59. The van der Waals surface area contributed by atoms with Crippen molar-refractivity contribution in [1.29, 1.82) is 0 Å². The van der Waals surface area contributed by atoms with E-state index in [-0.39, 0.29) is 5.78 Å². The molecular formula is C13H13NO3S2. The van der Waals surface area contributed by atoms with Crippen molar-refractivity contribution in [3.05, 3.63) is 46.8 Å². The summed E-state index contributed by atoms with van der Waals surface area (Å²) in [5, 5.41) is 0. The fourth-order valence-electron chi connectivity index (χ4n) is 1.62. The molecular weight excluding hydrogens is 282 g/mol. The van der Waals surface area contributed by atoms with Crippen LogP contribution >= 0.6 is 23.4 Å². The highest BCUT2D eigenvalue weighted by atomic mass is 32.2. The van der Waals surface area contributed by atoms with Crippen LogP contribution in [0.5, 0.6) is 0 Å². The molecule has 2 aromatic rings. The Bertz CT molecular complexity index is 569. The number of rotatable bonds is 6. The molecule has 0 fully saturated rings. The van der Waals surface area contributed by atoms with Crippen molar-refractivity contribution in [1.82, 2.24) is 0 Å². The molecule has 1 aromatic heterocycles. The summed E-state index contributed by atoms with van der Waals surface area (Å²) in [6.45, 7) is 1.58. The first kappa shape index (κ1) is 14.2. The number of carbonyl (C=O) groups excluding carboxylic acids is 1. The molecule has 0 atom stereocenters. The molecule has 0 unspecified atom stereocenters. The molecule has 0 radical (unpaired) electrons. The largest absolute Gasteiger partial charge is 0.294 e. The number of Topliss-reactive ketones (excluding diaryl/α,β-unsaturated/α-hetero) is 1. The van der Waals surface area contributed by atoms with Gasteiger partial charge in [0.2, 0.25) is 0 Å². The van der Waals surface area contributed by atoms with Gasteiger partial charge in [-0.2, -0.15) is 5.90 Å². The first-order valence-electron chi connectivity index (χ1n) is 5.56. The second kappa shape index (κ2) is 6.83. The molecule has 0 aliphatic rings. The zero-order valence-corrected chi connectivity index (χ0v) is 11.9. The molecule has 0 aliphatic heterocycles. The Morgan fingerprint density at radius 3 is 2.89 bits per heavy atom. The summed E-state index contributed by atoms with van der Waals surface area (Å²) in [5.41, 5.74) is 2.18. The highest BCUT2D eigenvalue weighted by Gasteiger charge is 2.06. The van der Waals surface area contributed by atoms with Crippen molar-refractivity contribution >= 4 is 29.2 Å². The van der Waals surface area contributed by atoms with Crippen LogP contribution in [0.2, 0.25) is 0 Å². The van der Waals surface area contributed by atoms with Gasteiger partial charge >= 0.3 is 0 Å². The van der Waals surface area contributed by atoms with E-state index in [0.717, 1.165) is 32.9 Å². The standard InChI is InChI=1S/C13H13NO3S2/c1-9(15)12-5-6-13(19-12)11-4-2-3-10(7-11)8-18-17-16-14/h2-7H,8,14H2,1H3.